The predicted octanol–water partition coefficient (Wildman–Crippen LogP) is 6.27. The average Bonchev–Trinajstić information content (AvgIpc) is 2.88. The summed E-state index contributed by atoms with van der Waals surface area (Å²) in [6.45, 7) is 2.23. The second kappa shape index (κ2) is 11.6. The number of anilines is 2. The van der Waals surface area contributed by atoms with Gasteiger partial charge >= 0.3 is 6.18 Å². The highest BCUT2D eigenvalue weighted by Crippen LogP contribution is 2.38. The van der Waals surface area contributed by atoms with Crippen molar-refractivity contribution in [2.24, 2.45) is 11.8 Å². The molecule has 1 aliphatic heterocycles. The van der Waals surface area contributed by atoms with Gasteiger partial charge in [0.2, 0.25) is 5.91 Å². The second-order valence-corrected chi connectivity index (χ2v) is 10.3. The third-order valence-electron chi connectivity index (χ3n) is 7.34. The average molecular weight is 539 g/mol. The van der Waals surface area contributed by atoms with Crippen LogP contribution < -0.4 is 15.5 Å². The van der Waals surface area contributed by atoms with Gasteiger partial charge in [0.05, 0.1) is 4.92 Å². The SMILES string of the molecule is O=C(NCC1CCC(Nc2ccc([N+](=O)[O-])c(C(F)(F)F)c2)CC1)C1CCN(c2ccc(Cl)cc2)CC1. The number of nitro groups is 1. The van der Waals surface area contributed by atoms with Crippen molar-refractivity contribution in [3.8, 4) is 0 Å². The number of nitrogens with zero attached hydrogens (tertiary/aromatic N) is 2. The molecule has 0 unspecified atom stereocenters. The van der Waals surface area contributed by atoms with E-state index in [2.05, 4.69) is 15.5 Å². The molecule has 4 rings (SSSR count). The van der Waals surface area contributed by atoms with Crippen LogP contribution in [-0.2, 0) is 11.0 Å². The first-order valence-electron chi connectivity index (χ1n) is 12.5. The topological polar surface area (TPSA) is 87.5 Å². The number of nitrogens with one attached hydrogen (secondary N) is 2. The van der Waals surface area contributed by atoms with Gasteiger partial charge < -0.3 is 15.5 Å². The first-order chi connectivity index (χ1) is 17.6. The predicted molar refractivity (Wildman–Crippen MR) is 137 cm³/mol. The van der Waals surface area contributed by atoms with E-state index in [0.717, 1.165) is 69.4 Å². The lowest BCUT2D eigenvalue weighted by Gasteiger charge is -2.34. The summed E-state index contributed by atoms with van der Waals surface area (Å²) >= 11 is 5.96. The molecule has 11 heteroatoms. The number of halogens is 4. The normalized spacial score (nSPS) is 20.9. The fourth-order valence-corrected chi connectivity index (χ4v) is 5.33. The highest BCUT2D eigenvalue weighted by Gasteiger charge is 2.38. The van der Waals surface area contributed by atoms with Gasteiger partial charge in [-0.1, -0.05) is 11.6 Å². The van der Waals surface area contributed by atoms with Crippen LogP contribution in [0.5, 0.6) is 0 Å². The summed E-state index contributed by atoms with van der Waals surface area (Å²) in [7, 11) is 0. The van der Waals surface area contributed by atoms with Gasteiger partial charge in [-0.05, 0) is 80.8 Å². The number of amides is 1. The van der Waals surface area contributed by atoms with Crippen LogP contribution in [0.25, 0.3) is 0 Å². The van der Waals surface area contributed by atoms with Crippen LogP contribution in [0, 0.1) is 22.0 Å². The van der Waals surface area contributed by atoms with Crippen LogP contribution in [-0.4, -0.2) is 36.5 Å². The Morgan fingerprint density at radius 3 is 2.27 bits per heavy atom. The van der Waals surface area contributed by atoms with E-state index in [1.165, 1.54) is 6.07 Å². The summed E-state index contributed by atoms with van der Waals surface area (Å²) in [4.78, 5) is 24.9. The minimum Gasteiger partial charge on any atom is -0.382 e. The number of carbonyl (C=O) groups excluding carboxylic acids is 1. The third kappa shape index (κ3) is 7.06. The van der Waals surface area contributed by atoms with E-state index < -0.39 is 22.4 Å². The number of hydrogen-bond donors (Lipinski definition) is 2. The Kier molecular flexibility index (Phi) is 8.46. The molecule has 1 saturated carbocycles. The number of benzene rings is 2. The summed E-state index contributed by atoms with van der Waals surface area (Å²) in [5.74, 6) is 0.395. The van der Waals surface area contributed by atoms with Crippen molar-refractivity contribution in [3.63, 3.8) is 0 Å². The van der Waals surface area contributed by atoms with Crippen molar-refractivity contribution in [1.82, 2.24) is 5.32 Å². The molecule has 1 amide bonds. The summed E-state index contributed by atoms with van der Waals surface area (Å²) in [6.07, 6.45) is -0.0438. The molecule has 1 aliphatic carbocycles. The van der Waals surface area contributed by atoms with E-state index >= 15 is 0 Å². The molecule has 0 aromatic heterocycles. The van der Waals surface area contributed by atoms with E-state index in [9.17, 15) is 28.1 Å². The maximum absolute atomic E-state index is 13.2. The zero-order chi connectivity index (χ0) is 26.6. The molecule has 37 heavy (non-hydrogen) atoms. The monoisotopic (exact) mass is 538 g/mol. The molecular formula is C26H30ClF3N4O3. The Morgan fingerprint density at radius 1 is 1.03 bits per heavy atom. The number of nitro benzene ring substituents is 1. The van der Waals surface area contributed by atoms with E-state index in [4.69, 9.17) is 11.6 Å². The number of alkyl halides is 3. The van der Waals surface area contributed by atoms with Gasteiger partial charge in [-0.2, -0.15) is 13.2 Å². The van der Waals surface area contributed by atoms with Gasteiger partial charge in [-0.25, -0.2) is 0 Å². The Labute approximate surface area is 218 Å². The molecule has 2 aromatic rings. The molecule has 7 nitrogen and oxygen atoms in total. The van der Waals surface area contributed by atoms with E-state index in [1.807, 2.05) is 24.3 Å². The highest BCUT2D eigenvalue weighted by molar-refractivity contribution is 6.30. The first-order valence-corrected chi connectivity index (χ1v) is 12.9. The first kappa shape index (κ1) is 27.0. The molecule has 0 spiro atoms. The molecule has 2 fully saturated rings. The van der Waals surface area contributed by atoms with Crippen molar-refractivity contribution < 1.29 is 22.9 Å². The zero-order valence-electron chi connectivity index (χ0n) is 20.3. The van der Waals surface area contributed by atoms with Crippen LogP contribution >= 0.6 is 11.6 Å². The van der Waals surface area contributed by atoms with Crippen molar-refractivity contribution in [2.75, 3.05) is 29.9 Å². The molecular weight excluding hydrogens is 509 g/mol. The highest BCUT2D eigenvalue weighted by atomic mass is 35.5. The zero-order valence-corrected chi connectivity index (χ0v) is 21.0. The molecule has 0 bridgehead atoms. The van der Waals surface area contributed by atoms with Crippen LogP contribution in [0.15, 0.2) is 42.5 Å². The number of piperidine rings is 1. The smallest absolute Gasteiger partial charge is 0.382 e. The second-order valence-electron chi connectivity index (χ2n) is 9.83. The van der Waals surface area contributed by atoms with Gasteiger partial charge in [0.15, 0.2) is 0 Å². The summed E-state index contributed by atoms with van der Waals surface area (Å²) in [5.41, 5.74) is -0.873. The molecule has 1 saturated heterocycles. The van der Waals surface area contributed by atoms with E-state index in [-0.39, 0.29) is 23.6 Å². The minimum absolute atomic E-state index is 0.00785. The Bertz CT molecular complexity index is 1100. The lowest BCUT2D eigenvalue weighted by molar-refractivity contribution is -0.388. The standard InChI is InChI=1S/C26H30ClF3N4O3/c27-19-3-8-22(9-4-19)33-13-11-18(12-14-33)25(35)31-16-17-1-5-20(6-2-17)32-21-7-10-24(34(36)37)23(15-21)26(28,29)30/h3-4,7-10,15,17-18,20,32H,1-2,5-6,11-14,16H2,(H,31,35). The fraction of sp³-hybridized carbons (Fsp3) is 0.500. The molecule has 1 heterocycles. The maximum Gasteiger partial charge on any atom is 0.423 e. The van der Waals surface area contributed by atoms with Crippen molar-refractivity contribution in [1.29, 1.82) is 0 Å². The van der Waals surface area contributed by atoms with E-state index in [1.54, 1.807) is 0 Å². The Balaban J connectivity index is 1.20. The van der Waals surface area contributed by atoms with Crippen molar-refractivity contribution >= 4 is 34.6 Å². The number of rotatable bonds is 7. The van der Waals surface area contributed by atoms with Crippen LogP contribution in [0.1, 0.15) is 44.1 Å². The summed E-state index contributed by atoms with van der Waals surface area (Å²) in [6, 6.07) is 10.7. The fourth-order valence-electron chi connectivity index (χ4n) is 5.20. The van der Waals surface area contributed by atoms with Gasteiger partial charge in [0.1, 0.15) is 5.56 Å². The third-order valence-corrected chi connectivity index (χ3v) is 7.59. The molecule has 0 atom stereocenters. The summed E-state index contributed by atoms with van der Waals surface area (Å²) < 4.78 is 39.7. The Morgan fingerprint density at radius 2 is 1.68 bits per heavy atom. The minimum atomic E-state index is -4.80. The quantitative estimate of drug-likeness (QED) is 0.320. The lowest BCUT2D eigenvalue weighted by Crippen LogP contribution is -2.42. The van der Waals surface area contributed by atoms with Crippen LogP contribution in [0.4, 0.5) is 30.2 Å². The molecule has 2 aliphatic rings. The molecule has 2 aromatic carbocycles. The summed E-state index contributed by atoms with van der Waals surface area (Å²) in [5, 5.41) is 17.8. The van der Waals surface area contributed by atoms with Gasteiger partial charge in [0, 0.05) is 54.1 Å². The van der Waals surface area contributed by atoms with Gasteiger partial charge in [-0.15, -0.1) is 0 Å². The molecule has 2 N–H and O–H groups in total. The number of hydrogen-bond acceptors (Lipinski definition) is 5. The largest absolute Gasteiger partial charge is 0.423 e. The maximum atomic E-state index is 13.2. The van der Waals surface area contributed by atoms with Gasteiger partial charge in [0.25, 0.3) is 5.69 Å². The van der Waals surface area contributed by atoms with Gasteiger partial charge in [-0.3, -0.25) is 14.9 Å². The van der Waals surface area contributed by atoms with Crippen LogP contribution in [0.3, 0.4) is 0 Å². The number of carbonyl (C=O) groups is 1. The molecule has 200 valence electrons. The Hall–Kier alpha value is -3.01. The van der Waals surface area contributed by atoms with Crippen molar-refractivity contribution in [2.45, 2.75) is 50.7 Å². The van der Waals surface area contributed by atoms with E-state index in [0.29, 0.717) is 17.5 Å². The van der Waals surface area contributed by atoms with Crippen LogP contribution in [0.2, 0.25) is 5.02 Å². The molecule has 0 radical (unpaired) electrons. The lowest BCUT2D eigenvalue weighted by atomic mass is 9.85. The van der Waals surface area contributed by atoms with Crippen molar-refractivity contribution in [3.05, 3.63) is 63.2 Å².